The molecule has 2 aliphatic heterocycles. The van der Waals surface area contributed by atoms with Crippen molar-refractivity contribution in [2.75, 3.05) is 47.6 Å². The summed E-state index contributed by atoms with van der Waals surface area (Å²) in [6.45, 7) is 3.75. The molecule has 18 heteroatoms. The average molecular weight is 550 g/mol. The van der Waals surface area contributed by atoms with Crippen LogP contribution in [0.15, 0.2) is 28.0 Å². The number of nitrogens with one attached hydrogen (secondary N) is 2. The van der Waals surface area contributed by atoms with Gasteiger partial charge in [-0.2, -0.15) is 36.1 Å². The fraction of sp³-hybridized carbons (Fsp3) is 0.471. The first-order chi connectivity index (χ1) is 16.2. The lowest BCUT2D eigenvalue weighted by molar-refractivity contribution is 0.479. The molecule has 192 valence electrons. The summed E-state index contributed by atoms with van der Waals surface area (Å²) in [6.07, 6.45) is 0.896. The zero-order chi connectivity index (χ0) is 25.6. The molecule has 2 unspecified atom stereocenters. The highest BCUT2D eigenvalue weighted by Crippen LogP contribution is 2.29. The van der Waals surface area contributed by atoms with Crippen molar-refractivity contribution in [3.05, 3.63) is 18.2 Å². The van der Waals surface area contributed by atoms with E-state index in [2.05, 4.69) is 32.5 Å². The van der Waals surface area contributed by atoms with Crippen molar-refractivity contribution in [3.8, 4) is 0 Å². The van der Waals surface area contributed by atoms with E-state index in [1.165, 1.54) is 4.31 Å². The molecular weight excluding hydrogens is 526 g/mol. The topological polar surface area (TPSA) is 212 Å². The number of anilines is 4. The minimum Gasteiger partial charge on any atom is -0.353 e. The molecule has 0 bridgehead atoms. The Kier molecular flexibility index (Phi) is 6.62. The van der Waals surface area contributed by atoms with Crippen molar-refractivity contribution < 1.29 is 34.4 Å². The second kappa shape index (κ2) is 9.10. The molecular formula is C17H23N7O8S3. The van der Waals surface area contributed by atoms with Gasteiger partial charge in [-0.05, 0) is 30.5 Å². The molecule has 0 aliphatic carbocycles. The van der Waals surface area contributed by atoms with E-state index in [1.807, 2.05) is 4.90 Å². The molecule has 4 N–H and O–H groups in total. The summed E-state index contributed by atoms with van der Waals surface area (Å²) in [6, 6.07) is 2.45. The highest BCUT2D eigenvalue weighted by atomic mass is 32.2. The first kappa shape index (κ1) is 25.5. The maximum absolute atomic E-state index is 11.8. The normalized spacial score (nSPS) is 21.6. The maximum Gasteiger partial charge on any atom is 0.296 e. The Morgan fingerprint density at radius 3 is 2.34 bits per heavy atom. The molecule has 2 aromatic rings. The van der Waals surface area contributed by atoms with Gasteiger partial charge in [-0.15, -0.1) is 0 Å². The van der Waals surface area contributed by atoms with Gasteiger partial charge >= 0.3 is 0 Å². The lowest BCUT2D eigenvalue weighted by atomic mass is 10.2. The number of benzene rings is 1. The fourth-order valence-electron chi connectivity index (χ4n) is 3.52. The molecule has 15 nitrogen and oxygen atoms in total. The summed E-state index contributed by atoms with van der Waals surface area (Å²) in [7, 11) is -12.6. The lowest BCUT2D eigenvalue weighted by Crippen LogP contribution is -2.24. The number of aromatic nitrogens is 3. The summed E-state index contributed by atoms with van der Waals surface area (Å²) < 4.78 is 89.6. The molecule has 3 heterocycles. The third-order valence-electron chi connectivity index (χ3n) is 5.38. The zero-order valence-electron chi connectivity index (χ0n) is 18.4. The van der Waals surface area contributed by atoms with Gasteiger partial charge in [0.1, 0.15) is 10.8 Å². The van der Waals surface area contributed by atoms with Gasteiger partial charge in [-0.1, -0.05) is 6.92 Å². The van der Waals surface area contributed by atoms with Crippen LogP contribution in [0.2, 0.25) is 0 Å². The molecule has 0 radical (unpaired) electrons. The first-order valence-electron chi connectivity index (χ1n) is 10.3. The number of hydrogen-bond acceptors (Lipinski definition) is 12. The van der Waals surface area contributed by atoms with E-state index >= 15 is 0 Å². The molecule has 4 rings (SSSR count). The second-order valence-electron chi connectivity index (χ2n) is 8.20. The standard InChI is InChI=1S/C17H23N7O8S3/c1-11-4-6-23(9-11)17-21-15(18-5-7-24-10-33(24,25)26)20-16(22-17)19-13-8-12(34(27,28)29)2-3-14(13)35(30,31)32/h2-3,8,11H,4-7,9-10H2,1H3,(H,27,28,29)(H,30,31,32)(H2,18,19,20,21,22). The van der Waals surface area contributed by atoms with Crippen LogP contribution in [0, 0.1) is 5.92 Å². The van der Waals surface area contributed by atoms with Gasteiger partial charge in [0.25, 0.3) is 20.2 Å². The van der Waals surface area contributed by atoms with Gasteiger partial charge in [0.2, 0.25) is 27.9 Å². The minimum atomic E-state index is -4.79. The largest absolute Gasteiger partial charge is 0.353 e. The number of hydrogen-bond donors (Lipinski definition) is 4. The van der Waals surface area contributed by atoms with Gasteiger partial charge < -0.3 is 15.5 Å². The number of sulfonamides is 1. The van der Waals surface area contributed by atoms with E-state index in [-0.39, 0.29) is 36.8 Å². The van der Waals surface area contributed by atoms with Crippen LogP contribution in [0.5, 0.6) is 0 Å². The molecule has 0 amide bonds. The van der Waals surface area contributed by atoms with E-state index in [0.717, 1.165) is 24.6 Å². The number of nitrogens with zero attached hydrogens (tertiary/aromatic N) is 5. The zero-order valence-corrected chi connectivity index (χ0v) is 20.8. The Bertz CT molecular complexity index is 1460. The van der Waals surface area contributed by atoms with Gasteiger partial charge in [-0.25, -0.2) is 8.42 Å². The highest BCUT2D eigenvalue weighted by molar-refractivity contribution is 7.95. The molecule has 35 heavy (non-hydrogen) atoms. The second-order valence-corrected chi connectivity index (χ2v) is 12.9. The molecule has 2 atom stereocenters. The number of rotatable bonds is 9. The smallest absolute Gasteiger partial charge is 0.296 e. The van der Waals surface area contributed by atoms with E-state index in [9.17, 15) is 34.4 Å². The van der Waals surface area contributed by atoms with Crippen molar-refractivity contribution in [3.63, 3.8) is 0 Å². The van der Waals surface area contributed by atoms with Crippen LogP contribution in [0.25, 0.3) is 0 Å². The Labute approximate surface area is 202 Å². The van der Waals surface area contributed by atoms with Crippen molar-refractivity contribution in [2.45, 2.75) is 23.1 Å². The van der Waals surface area contributed by atoms with Crippen LogP contribution in [0.1, 0.15) is 13.3 Å². The third-order valence-corrected chi connectivity index (χ3v) is 8.58. The van der Waals surface area contributed by atoms with Crippen LogP contribution in [-0.4, -0.2) is 85.7 Å². The van der Waals surface area contributed by atoms with Crippen molar-refractivity contribution >= 4 is 53.8 Å². The van der Waals surface area contributed by atoms with Gasteiger partial charge in [0.15, 0.2) is 0 Å². The molecule has 2 saturated heterocycles. The quantitative estimate of drug-likeness (QED) is 0.239. The molecule has 2 fully saturated rings. The summed E-state index contributed by atoms with van der Waals surface area (Å²) in [5.74, 6) is 0.500. The predicted octanol–water partition coefficient (Wildman–Crippen LogP) is -0.0304. The Hall–Kier alpha value is -2.64. The van der Waals surface area contributed by atoms with E-state index in [4.69, 9.17) is 0 Å². The first-order valence-corrected chi connectivity index (χ1v) is 14.8. The molecule has 1 aromatic heterocycles. The highest BCUT2D eigenvalue weighted by Gasteiger charge is 2.39. The molecule has 1 aromatic carbocycles. The van der Waals surface area contributed by atoms with Gasteiger partial charge in [0, 0.05) is 26.2 Å². The summed E-state index contributed by atoms with van der Waals surface area (Å²) in [5.41, 5.74) is -0.393. The van der Waals surface area contributed by atoms with E-state index in [1.54, 1.807) is 0 Å². The fourth-order valence-corrected chi connectivity index (χ4v) is 5.73. The van der Waals surface area contributed by atoms with Crippen LogP contribution >= 0.6 is 0 Å². The van der Waals surface area contributed by atoms with Crippen molar-refractivity contribution in [1.82, 2.24) is 19.3 Å². The van der Waals surface area contributed by atoms with E-state index in [0.29, 0.717) is 19.0 Å². The SMILES string of the molecule is CC1CCN(c2nc(NCCN3CS3(=O)=O)nc(Nc3cc(S(=O)(=O)O)ccc3S(=O)(=O)O)n2)C1. The Morgan fingerprint density at radius 1 is 1.09 bits per heavy atom. The summed E-state index contributed by atoms with van der Waals surface area (Å²) >= 11 is 0. The monoisotopic (exact) mass is 549 g/mol. The summed E-state index contributed by atoms with van der Waals surface area (Å²) in [4.78, 5) is 13.4. The van der Waals surface area contributed by atoms with Crippen LogP contribution < -0.4 is 15.5 Å². The van der Waals surface area contributed by atoms with Crippen LogP contribution in [0.4, 0.5) is 23.5 Å². The summed E-state index contributed by atoms with van der Waals surface area (Å²) in [5, 5.41) is 5.48. The predicted molar refractivity (Wildman–Crippen MR) is 124 cm³/mol. The van der Waals surface area contributed by atoms with Crippen LogP contribution in [-0.2, 0) is 30.3 Å². The minimum absolute atomic E-state index is 0.0296. The average Bonchev–Trinajstić information content (AvgIpc) is 3.12. The van der Waals surface area contributed by atoms with E-state index < -0.39 is 45.7 Å². The van der Waals surface area contributed by atoms with Gasteiger partial charge in [-0.3, -0.25) is 9.11 Å². The lowest BCUT2D eigenvalue weighted by Gasteiger charge is -2.18. The van der Waals surface area contributed by atoms with Crippen LogP contribution in [0.3, 0.4) is 0 Å². The maximum atomic E-state index is 11.8. The van der Waals surface area contributed by atoms with Gasteiger partial charge in [0.05, 0.1) is 10.6 Å². The van der Waals surface area contributed by atoms with Crippen molar-refractivity contribution in [2.24, 2.45) is 5.92 Å². The third kappa shape index (κ3) is 6.14. The molecule has 2 aliphatic rings. The Balaban J connectivity index is 1.67. The molecule has 0 spiro atoms. The molecule has 0 saturated carbocycles. The van der Waals surface area contributed by atoms with Crippen molar-refractivity contribution in [1.29, 1.82) is 0 Å². The Morgan fingerprint density at radius 2 is 1.77 bits per heavy atom.